The lowest BCUT2D eigenvalue weighted by Gasteiger charge is -2.18. The molecule has 1 aliphatic rings. The van der Waals surface area contributed by atoms with Crippen molar-refractivity contribution in [3.8, 4) is 11.5 Å². The molecule has 0 aliphatic carbocycles. The van der Waals surface area contributed by atoms with Crippen molar-refractivity contribution in [3.63, 3.8) is 0 Å². The van der Waals surface area contributed by atoms with Crippen molar-refractivity contribution in [3.05, 3.63) is 18.2 Å². The van der Waals surface area contributed by atoms with E-state index < -0.39 is 0 Å². The van der Waals surface area contributed by atoms with Gasteiger partial charge in [0.1, 0.15) is 11.5 Å². The highest BCUT2D eigenvalue weighted by Gasteiger charge is 2.30. The second kappa shape index (κ2) is 5.27. The molecule has 0 aromatic heterocycles. The summed E-state index contributed by atoms with van der Waals surface area (Å²) in [7, 11) is 3.14. The number of hydrogen-bond acceptors (Lipinski definition) is 4. The lowest BCUT2D eigenvalue weighted by Crippen LogP contribution is -2.24. The molecule has 98 valence electrons. The Kier molecular flexibility index (Phi) is 3.72. The molecule has 1 fully saturated rings. The monoisotopic (exact) mass is 251 g/mol. The van der Waals surface area contributed by atoms with Gasteiger partial charge in [0, 0.05) is 43.7 Å². The Morgan fingerprint density at radius 2 is 1.89 bits per heavy atom. The van der Waals surface area contributed by atoms with E-state index in [0.717, 1.165) is 5.69 Å². The van der Waals surface area contributed by atoms with Crippen LogP contribution < -0.4 is 14.4 Å². The summed E-state index contributed by atoms with van der Waals surface area (Å²) in [6, 6.07) is 5.34. The summed E-state index contributed by atoms with van der Waals surface area (Å²) in [5.41, 5.74) is 0.743. The van der Waals surface area contributed by atoms with Crippen molar-refractivity contribution in [1.82, 2.24) is 0 Å². The third-order valence-electron chi connectivity index (χ3n) is 3.11. The van der Waals surface area contributed by atoms with Crippen LogP contribution in [0.4, 0.5) is 5.69 Å². The van der Waals surface area contributed by atoms with E-state index in [1.54, 1.807) is 37.3 Å². The summed E-state index contributed by atoms with van der Waals surface area (Å²) < 4.78 is 10.4. The summed E-state index contributed by atoms with van der Waals surface area (Å²) >= 11 is 0. The van der Waals surface area contributed by atoms with E-state index >= 15 is 0 Å². The highest BCUT2D eigenvalue weighted by Crippen LogP contribution is 2.32. The first-order valence-corrected chi connectivity index (χ1v) is 5.82. The molecular formula is C13H17NO4. The number of rotatable bonds is 4. The predicted molar refractivity (Wildman–Crippen MR) is 67.1 cm³/mol. The van der Waals surface area contributed by atoms with Gasteiger partial charge in [-0.3, -0.25) is 4.79 Å². The molecule has 0 saturated carbocycles. The number of ether oxygens (including phenoxy) is 2. The number of carbonyl (C=O) groups excluding carboxylic acids is 1. The number of amides is 1. The van der Waals surface area contributed by atoms with Gasteiger partial charge in [0.05, 0.1) is 19.9 Å². The minimum Gasteiger partial charge on any atom is -0.497 e. The van der Waals surface area contributed by atoms with E-state index in [1.165, 1.54) is 0 Å². The molecular weight excluding hydrogens is 234 g/mol. The maximum Gasteiger partial charge on any atom is 0.227 e. The zero-order valence-electron chi connectivity index (χ0n) is 10.5. The summed E-state index contributed by atoms with van der Waals surface area (Å²) in [6.07, 6.45) is 0.385. The first kappa shape index (κ1) is 12.7. The van der Waals surface area contributed by atoms with Gasteiger partial charge in [0.15, 0.2) is 0 Å². The first-order valence-electron chi connectivity index (χ1n) is 5.82. The molecule has 1 aromatic carbocycles. The standard InChI is InChI=1S/C13H17NO4/c1-17-11-4-10(5-12(6-11)18-2)14-7-9(8-15)3-13(14)16/h4-6,9,15H,3,7-8H2,1-2H3. The van der Waals surface area contributed by atoms with E-state index in [-0.39, 0.29) is 18.4 Å². The SMILES string of the molecule is COc1cc(OC)cc(N2CC(CO)CC2=O)c1. The van der Waals surface area contributed by atoms with Gasteiger partial charge in [-0.1, -0.05) is 0 Å². The van der Waals surface area contributed by atoms with E-state index in [2.05, 4.69) is 0 Å². The Morgan fingerprint density at radius 3 is 2.33 bits per heavy atom. The molecule has 1 atom stereocenters. The quantitative estimate of drug-likeness (QED) is 0.869. The highest BCUT2D eigenvalue weighted by atomic mass is 16.5. The maximum absolute atomic E-state index is 11.9. The lowest BCUT2D eigenvalue weighted by molar-refractivity contribution is -0.117. The number of carbonyl (C=O) groups is 1. The fourth-order valence-corrected chi connectivity index (χ4v) is 2.10. The third-order valence-corrected chi connectivity index (χ3v) is 3.11. The van der Waals surface area contributed by atoms with Crippen LogP contribution in [0.1, 0.15) is 6.42 Å². The molecule has 1 N–H and O–H groups in total. The molecule has 1 heterocycles. The number of hydrogen-bond donors (Lipinski definition) is 1. The maximum atomic E-state index is 11.9. The Labute approximate surface area is 106 Å². The van der Waals surface area contributed by atoms with Crippen LogP contribution in [0, 0.1) is 5.92 Å². The fraction of sp³-hybridized carbons (Fsp3) is 0.462. The number of anilines is 1. The minimum absolute atomic E-state index is 0.00898. The van der Waals surface area contributed by atoms with Crippen LogP contribution >= 0.6 is 0 Å². The minimum atomic E-state index is 0.00898. The summed E-state index contributed by atoms with van der Waals surface area (Å²) in [5.74, 6) is 1.31. The highest BCUT2D eigenvalue weighted by molar-refractivity contribution is 5.96. The Bertz CT molecular complexity index is 424. The van der Waals surface area contributed by atoms with Crippen molar-refractivity contribution in [2.24, 2.45) is 5.92 Å². The van der Waals surface area contributed by atoms with Crippen LogP contribution in [0.15, 0.2) is 18.2 Å². The number of aliphatic hydroxyl groups is 1. The number of methoxy groups -OCH3 is 2. The largest absolute Gasteiger partial charge is 0.497 e. The van der Waals surface area contributed by atoms with Crippen molar-refractivity contribution < 1.29 is 19.4 Å². The topological polar surface area (TPSA) is 59.0 Å². The van der Waals surface area contributed by atoms with Crippen molar-refractivity contribution in [2.45, 2.75) is 6.42 Å². The van der Waals surface area contributed by atoms with Crippen LogP contribution in [0.2, 0.25) is 0 Å². The van der Waals surface area contributed by atoms with Gasteiger partial charge < -0.3 is 19.5 Å². The van der Waals surface area contributed by atoms with E-state index in [1.807, 2.05) is 0 Å². The number of aliphatic hydroxyl groups excluding tert-OH is 1. The van der Waals surface area contributed by atoms with Crippen LogP contribution in [-0.2, 0) is 4.79 Å². The Balaban J connectivity index is 2.30. The lowest BCUT2D eigenvalue weighted by atomic mass is 10.1. The smallest absolute Gasteiger partial charge is 0.227 e. The first-order chi connectivity index (χ1) is 8.67. The molecule has 1 saturated heterocycles. The van der Waals surface area contributed by atoms with Gasteiger partial charge in [0.2, 0.25) is 5.91 Å². The third kappa shape index (κ3) is 2.41. The molecule has 5 heteroatoms. The van der Waals surface area contributed by atoms with Crippen molar-refractivity contribution in [2.75, 3.05) is 32.3 Å². The van der Waals surface area contributed by atoms with Crippen LogP contribution in [0.25, 0.3) is 0 Å². The molecule has 0 radical (unpaired) electrons. The van der Waals surface area contributed by atoms with E-state index in [4.69, 9.17) is 14.6 Å². The van der Waals surface area contributed by atoms with Crippen molar-refractivity contribution >= 4 is 11.6 Å². The zero-order chi connectivity index (χ0) is 13.1. The Morgan fingerprint density at radius 1 is 1.28 bits per heavy atom. The molecule has 0 bridgehead atoms. The summed E-state index contributed by atoms with van der Waals surface area (Å²) in [5, 5.41) is 9.12. The van der Waals surface area contributed by atoms with Gasteiger partial charge in [0.25, 0.3) is 0 Å². The van der Waals surface area contributed by atoms with E-state index in [9.17, 15) is 4.79 Å². The molecule has 0 spiro atoms. The average molecular weight is 251 g/mol. The predicted octanol–water partition coefficient (Wildman–Crippen LogP) is 1.05. The second-order valence-corrected chi connectivity index (χ2v) is 4.33. The molecule has 5 nitrogen and oxygen atoms in total. The zero-order valence-corrected chi connectivity index (χ0v) is 10.5. The second-order valence-electron chi connectivity index (χ2n) is 4.33. The van der Waals surface area contributed by atoms with Gasteiger partial charge in [-0.05, 0) is 0 Å². The number of benzene rings is 1. The molecule has 1 unspecified atom stereocenters. The van der Waals surface area contributed by atoms with Gasteiger partial charge in [-0.25, -0.2) is 0 Å². The van der Waals surface area contributed by atoms with E-state index in [0.29, 0.717) is 24.5 Å². The van der Waals surface area contributed by atoms with Crippen LogP contribution in [-0.4, -0.2) is 38.4 Å². The van der Waals surface area contributed by atoms with Crippen LogP contribution in [0.5, 0.6) is 11.5 Å². The van der Waals surface area contributed by atoms with Gasteiger partial charge in [-0.15, -0.1) is 0 Å². The average Bonchev–Trinajstić information content (AvgIpc) is 2.79. The van der Waals surface area contributed by atoms with Crippen LogP contribution in [0.3, 0.4) is 0 Å². The van der Waals surface area contributed by atoms with Crippen molar-refractivity contribution in [1.29, 1.82) is 0 Å². The molecule has 1 aromatic rings. The summed E-state index contributed by atoms with van der Waals surface area (Å²) in [4.78, 5) is 13.5. The molecule has 1 aliphatic heterocycles. The molecule has 18 heavy (non-hydrogen) atoms. The summed E-state index contributed by atoms with van der Waals surface area (Å²) in [6.45, 7) is 0.564. The molecule has 1 amide bonds. The van der Waals surface area contributed by atoms with Gasteiger partial charge >= 0.3 is 0 Å². The number of nitrogens with zero attached hydrogens (tertiary/aromatic N) is 1. The normalized spacial score (nSPS) is 19.2. The van der Waals surface area contributed by atoms with Gasteiger partial charge in [-0.2, -0.15) is 0 Å². The molecule has 2 rings (SSSR count). The Hall–Kier alpha value is -1.75. The fourth-order valence-electron chi connectivity index (χ4n) is 2.10.